The fourth-order valence-electron chi connectivity index (χ4n) is 7.44. The summed E-state index contributed by atoms with van der Waals surface area (Å²) in [6, 6.07) is 1.69. The summed E-state index contributed by atoms with van der Waals surface area (Å²) in [6.45, 7) is 11.1. The van der Waals surface area contributed by atoms with Crippen LogP contribution in [-0.2, 0) is 4.79 Å². The number of carbonyl (C=O) groups is 1. The van der Waals surface area contributed by atoms with Crippen LogP contribution in [0.4, 0.5) is 0 Å². The number of aliphatic hydroxyl groups is 1. The highest BCUT2D eigenvalue weighted by molar-refractivity contribution is 5.78. The number of unbranched alkanes of at least 4 members (excludes halogenated alkanes) is 1. The third-order valence-corrected chi connectivity index (χ3v) is 9.57. The summed E-state index contributed by atoms with van der Waals surface area (Å²) in [4.78, 5) is 18.2. The molecule has 10 heteroatoms. The van der Waals surface area contributed by atoms with E-state index in [1.165, 1.54) is 32.1 Å². The summed E-state index contributed by atoms with van der Waals surface area (Å²) in [7, 11) is 0. The van der Waals surface area contributed by atoms with Crippen molar-refractivity contribution in [3.63, 3.8) is 0 Å². The van der Waals surface area contributed by atoms with E-state index in [1.54, 1.807) is 0 Å². The predicted molar refractivity (Wildman–Crippen MR) is 157 cm³/mol. The van der Waals surface area contributed by atoms with Gasteiger partial charge in [-0.3, -0.25) is 14.6 Å². The first-order valence-corrected chi connectivity index (χ1v) is 16.2. The van der Waals surface area contributed by atoms with Crippen LogP contribution in [-0.4, -0.2) is 103 Å². The maximum absolute atomic E-state index is 13.2. The molecule has 3 aliphatic heterocycles. The molecule has 8 atom stereocenters. The Morgan fingerprint density at radius 3 is 2.72 bits per heavy atom. The third-order valence-electron chi connectivity index (χ3n) is 9.57. The highest BCUT2D eigenvalue weighted by atomic mass is 16.3. The molecule has 3 heterocycles. The molecule has 39 heavy (non-hydrogen) atoms. The number of aliphatic hydroxyl groups excluding tert-OH is 1. The number of hydrogen-bond donors (Lipinski definition) is 7. The second-order valence-electron chi connectivity index (χ2n) is 12.4. The van der Waals surface area contributed by atoms with Crippen LogP contribution in [0, 0.1) is 5.92 Å². The molecule has 1 saturated carbocycles. The van der Waals surface area contributed by atoms with E-state index in [0.717, 1.165) is 64.7 Å². The maximum Gasteiger partial charge on any atom is 0.223 e. The number of amides is 1. The molecule has 0 aromatic heterocycles. The Labute approximate surface area is 237 Å². The van der Waals surface area contributed by atoms with Crippen molar-refractivity contribution in [1.29, 1.82) is 0 Å². The molecule has 4 rings (SSSR count). The Bertz CT molecular complexity index is 729. The zero-order valence-electron chi connectivity index (χ0n) is 24.9. The SMILES string of the molecule is CCCCNC(CCC)C1NNC(CNC2CCCC(C(=O)NCC3CNC4CCCC(C)N34)C2)N1CCO. The fourth-order valence-corrected chi connectivity index (χ4v) is 7.44. The van der Waals surface area contributed by atoms with E-state index < -0.39 is 0 Å². The van der Waals surface area contributed by atoms with Gasteiger partial charge in [-0.25, -0.2) is 10.9 Å². The molecule has 7 N–H and O–H groups in total. The van der Waals surface area contributed by atoms with E-state index in [9.17, 15) is 9.90 Å². The molecule has 0 spiro atoms. The van der Waals surface area contributed by atoms with E-state index in [1.807, 2.05) is 0 Å². The number of fused-ring (bicyclic) bond motifs is 1. The van der Waals surface area contributed by atoms with Crippen molar-refractivity contribution in [2.24, 2.45) is 5.92 Å². The van der Waals surface area contributed by atoms with Gasteiger partial charge in [0.1, 0.15) is 0 Å². The first-order chi connectivity index (χ1) is 19.0. The van der Waals surface area contributed by atoms with Gasteiger partial charge in [0.25, 0.3) is 0 Å². The van der Waals surface area contributed by atoms with Gasteiger partial charge in [-0.15, -0.1) is 0 Å². The highest BCUT2D eigenvalue weighted by Gasteiger charge is 2.39. The largest absolute Gasteiger partial charge is 0.395 e. The second-order valence-corrected chi connectivity index (χ2v) is 12.4. The zero-order chi connectivity index (χ0) is 27.6. The highest BCUT2D eigenvalue weighted by Crippen LogP contribution is 2.28. The Kier molecular flexibility index (Phi) is 12.7. The van der Waals surface area contributed by atoms with Crippen LogP contribution in [0.15, 0.2) is 0 Å². The fraction of sp³-hybridized carbons (Fsp3) is 0.966. The van der Waals surface area contributed by atoms with Crippen molar-refractivity contribution >= 4 is 5.91 Å². The van der Waals surface area contributed by atoms with Crippen LogP contribution in [0.3, 0.4) is 0 Å². The number of β-amino-alcohol motifs (C(OH)–C–C–N with tert-alkyl or cyclic N) is 1. The lowest BCUT2D eigenvalue weighted by atomic mass is 9.85. The van der Waals surface area contributed by atoms with Crippen LogP contribution in [0.1, 0.15) is 91.4 Å². The first-order valence-electron chi connectivity index (χ1n) is 16.2. The van der Waals surface area contributed by atoms with E-state index in [-0.39, 0.29) is 30.8 Å². The summed E-state index contributed by atoms with van der Waals surface area (Å²) in [5.74, 6) is 0.325. The van der Waals surface area contributed by atoms with Crippen molar-refractivity contribution < 1.29 is 9.90 Å². The number of hydrazine groups is 1. The number of carbonyl (C=O) groups excluding carboxylic acids is 1. The molecule has 1 aliphatic carbocycles. The van der Waals surface area contributed by atoms with E-state index in [0.29, 0.717) is 36.9 Å². The molecule has 1 amide bonds. The number of nitrogens with one attached hydrogen (secondary N) is 6. The molecule has 4 fully saturated rings. The molecule has 3 saturated heterocycles. The van der Waals surface area contributed by atoms with Gasteiger partial charge in [0, 0.05) is 56.3 Å². The lowest BCUT2D eigenvalue weighted by molar-refractivity contribution is -0.126. The molecular weight excluding hydrogens is 492 g/mol. The summed E-state index contributed by atoms with van der Waals surface area (Å²) < 4.78 is 0. The topological polar surface area (TPSA) is 116 Å². The molecule has 0 bridgehead atoms. The van der Waals surface area contributed by atoms with E-state index >= 15 is 0 Å². The molecule has 0 radical (unpaired) electrons. The van der Waals surface area contributed by atoms with Gasteiger partial charge in [-0.05, 0) is 64.8 Å². The van der Waals surface area contributed by atoms with Crippen molar-refractivity contribution in [2.75, 3.05) is 39.3 Å². The lowest BCUT2D eigenvalue weighted by Gasteiger charge is -2.39. The number of rotatable bonds is 15. The molecule has 226 valence electrons. The molecule has 4 aliphatic rings. The Morgan fingerprint density at radius 2 is 1.92 bits per heavy atom. The van der Waals surface area contributed by atoms with Crippen molar-refractivity contribution in [3.05, 3.63) is 0 Å². The quantitative estimate of drug-likeness (QED) is 0.150. The number of piperidine rings is 1. The van der Waals surface area contributed by atoms with Gasteiger partial charge in [-0.2, -0.15) is 0 Å². The van der Waals surface area contributed by atoms with Crippen LogP contribution in [0.2, 0.25) is 0 Å². The minimum Gasteiger partial charge on any atom is -0.395 e. The molecular formula is C29H58N8O2. The van der Waals surface area contributed by atoms with Crippen molar-refractivity contribution in [1.82, 2.24) is 41.9 Å². The summed E-state index contributed by atoms with van der Waals surface area (Å²) in [6.07, 6.45) is 13.2. The summed E-state index contributed by atoms with van der Waals surface area (Å²) in [5.41, 5.74) is 7.02. The van der Waals surface area contributed by atoms with Crippen LogP contribution >= 0.6 is 0 Å². The van der Waals surface area contributed by atoms with Gasteiger partial charge >= 0.3 is 0 Å². The number of hydrogen-bond acceptors (Lipinski definition) is 9. The Morgan fingerprint density at radius 1 is 1.08 bits per heavy atom. The van der Waals surface area contributed by atoms with Crippen LogP contribution in [0.25, 0.3) is 0 Å². The van der Waals surface area contributed by atoms with E-state index in [4.69, 9.17) is 0 Å². The van der Waals surface area contributed by atoms with Gasteiger partial charge in [-0.1, -0.05) is 33.1 Å². The Balaban J connectivity index is 1.23. The second kappa shape index (κ2) is 16.0. The summed E-state index contributed by atoms with van der Waals surface area (Å²) >= 11 is 0. The maximum atomic E-state index is 13.2. The van der Waals surface area contributed by atoms with Gasteiger partial charge < -0.3 is 26.4 Å². The monoisotopic (exact) mass is 550 g/mol. The number of nitrogens with zero attached hydrogens (tertiary/aromatic N) is 2. The Hall–Kier alpha value is -0.850. The summed E-state index contributed by atoms with van der Waals surface area (Å²) in [5, 5.41) is 24.3. The molecule has 10 nitrogen and oxygen atoms in total. The standard InChI is InChI=1S/C29H58N8O2/c1-4-6-14-30-25(9-5-2)28-35-34-27(36(28)15-16-38)20-31-23-12-8-11-22(17-23)29(39)33-19-24-18-32-26-13-7-10-21(3)37(24)26/h21-28,30-32,34-35,38H,4-20H2,1-3H3,(H,33,39). The van der Waals surface area contributed by atoms with Crippen molar-refractivity contribution in [2.45, 2.75) is 134 Å². The molecule has 0 aromatic carbocycles. The van der Waals surface area contributed by atoms with Crippen molar-refractivity contribution in [3.8, 4) is 0 Å². The van der Waals surface area contributed by atoms with Gasteiger partial charge in [0.15, 0.2) is 0 Å². The smallest absolute Gasteiger partial charge is 0.223 e. The predicted octanol–water partition coefficient (Wildman–Crippen LogP) is 1.04. The molecule has 8 unspecified atom stereocenters. The minimum absolute atomic E-state index is 0.0906. The van der Waals surface area contributed by atoms with Crippen LogP contribution < -0.4 is 32.1 Å². The van der Waals surface area contributed by atoms with Crippen LogP contribution in [0.5, 0.6) is 0 Å². The first kappa shape index (κ1) is 31.1. The average Bonchev–Trinajstić information content (AvgIpc) is 3.55. The zero-order valence-corrected chi connectivity index (χ0v) is 24.9. The lowest BCUT2D eigenvalue weighted by Crippen LogP contribution is -2.55. The normalized spacial score (nSPS) is 34.7. The molecule has 0 aromatic rings. The van der Waals surface area contributed by atoms with Gasteiger partial charge in [0.05, 0.1) is 25.1 Å². The van der Waals surface area contributed by atoms with Gasteiger partial charge in [0.2, 0.25) is 5.91 Å². The minimum atomic E-state index is 0.0906. The van der Waals surface area contributed by atoms with E-state index in [2.05, 4.69) is 62.7 Å². The third kappa shape index (κ3) is 8.35. The average molecular weight is 551 g/mol.